The number of hydrogen-bond donors (Lipinski definition) is 1. The van der Waals surface area contributed by atoms with Crippen molar-refractivity contribution < 1.29 is 23.8 Å². The molecule has 1 fully saturated rings. The summed E-state index contributed by atoms with van der Waals surface area (Å²) in [5.74, 6) is 1.84. The Hall–Kier alpha value is -3.22. The summed E-state index contributed by atoms with van der Waals surface area (Å²) in [6, 6.07) is 12.3. The van der Waals surface area contributed by atoms with E-state index in [1.807, 2.05) is 18.2 Å². The van der Waals surface area contributed by atoms with E-state index in [9.17, 15) is 9.59 Å². The first kappa shape index (κ1) is 20.5. The highest BCUT2D eigenvalue weighted by molar-refractivity contribution is 6.03. The van der Waals surface area contributed by atoms with E-state index in [-0.39, 0.29) is 11.8 Å². The first-order chi connectivity index (χ1) is 14.1. The molecule has 1 aliphatic heterocycles. The number of hydrogen-bond acceptors (Lipinski definition) is 5. The Morgan fingerprint density at radius 1 is 1.03 bits per heavy atom. The molecule has 1 atom stereocenters. The molecule has 0 aliphatic carbocycles. The second kappa shape index (κ2) is 9.32. The van der Waals surface area contributed by atoms with Crippen molar-refractivity contribution in [3.63, 3.8) is 0 Å². The molecular weight excluding hydrogens is 372 g/mol. The fourth-order valence-electron chi connectivity index (χ4n) is 3.48. The summed E-state index contributed by atoms with van der Waals surface area (Å²) in [7, 11) is 4.77. The first-order valence-electron chi connectivity index (χ1n) is 9.52. The van der Waals surface area contributed by atoms with Crippen LogP contribution >= 0.6 is 0 Å². The van der Waals surface area contributed by atoms with Gasteiger partial charge in [-0.3, -0.25) is 14.5 Å². The fraction of sp³-hybridized carbons (Fsp3) is 0.364. The van der Waals surface area contributed by atoms with Crippen molar-refractivity contribution in [2.75, 3.05) is 32.8 Å². The third kappa shape index (κ3) is 4.62. The van der Waals surface area contributed by atoms with Crippen LogP contribution in [0, 0.1) is 0 Å². The standard InChI is InChI=1S/C22H26N2O5/c1-27-17-7-5-16(6-8-17)24-18(9-11-21(24)25)22(26)23-13-12-15-4-10-19(28-2)20(14-15)29-3/h4-8,10,14,18H,9,11-13H2,1-3H3,(H,23,26). The van der Waals surface area contributed by atoms with Crippen LogP contribution in [0.2, 0.25) is 0 Å². The van der Waals surface area contributed by atoms with Crippen LogP contribution in [-0.4, -0.2) is 45.7 Å². The normalized spacial score (nSPS) is 15.9. The Morgan fingerprint density at radius 3 is 2.41 bits per heavy atom. The SMILES string of the molecule is COc1ccc(N2C(=O)CCC2C(=O)NCCc2ccc(OC)c(OC)c2)cc1. The molecule has 3 rings (SSSR count). The van der Waals surface area contributed by atoms with Crippen molar-refractivity contribution >= 4 is 17.5 Å². The molecule has 2 aromatic rings. The number of rotatable bonds is 8. The van der Waals surface area contributed by atoms with Gasteiger partial charge in [0.25, 0.3) is 0 Å². The highest BCUT2D eigenvalue weighted by atomic mass is 16.5. The van der Waals surface area contributed by atoms with Gasteiger partial charge in [-0.1, -0.05) is 6.07 Å². The van der Waals surface area contributed by atoms with Crippen LogP contribution in [-0.2, 0) is 16.0 Å². The van der Waals surface area contributed by atoms with Crippen LogP contribution in [0.15, 0.2) is 42.5 Å². The van der Waals surface area contributed by atoms with E-state index in [0.717, 1.165) is 5.56 Å². The van der Waals surface area contributed by atoms with Crippen LogP contribution < -0.4 is 24.4 Å². The molecule has 0 spiro atoms. The second-order valence-electron chi connectivity index (χ2n) is 6.75. The number of ether oxygens (including phenoxy) is 3. The minimum Gasteiger partial charge on any atom is -0.497 e. The number of nitrogens with one attached hydrogen (secondary N) is 1. The maximum Gasteiger partial charge on any atom is 0.243 e. The number of anilines is 1. The zero-order valence-corrected chi connectivity index (χ0v) is 16.9. The predicted molar refractivity (Wildman–Crippen MR) is 110 cm³/mol. The lowest BCUT2D eigenvalue weighted by atomic mass is 10.1. The van der Waals surface area contributed by atoms with Crippen molar-refractivity contribution in [2.24, 2.45) is 0 Å². The van der Waals surface area contributed by atoms with Crippen LogP contribution in [0.4, 0.5) is 5.69 Å². The van der Waals surface area contributed by atoms with Crippen molar-refractivity contribution in [3.8, 4) is 17.2 Å². The number of benzene rings is 2. The van der Waals surface area contributed by atoms with E-state index >= 15 is 0 Å². The van der Waals surface area contributed by atoms with Gasteiger partial charge in [0.15, 0.2) is 11.5 Å². The van der Waals surface area contributed by atoms with Crippen LogP contribution in [0.1, 0.15) is 18.4 Å². The molecule has 0 saturated carbocycles. The third-order valence-electron chi connectivity index (χ3n) is 5.03. The van der Waals surface area contributed by atoms with Gasteiger partial charge >= 0.3 is 0 Å². The molecule has 29 heavy (non-hydrogen) atoms. The van der Waals surface area contributed by atoms with Gasteiger partial charge in [0.1, 0.15) is 11.8 Å². The quantitative estimate of drug-likeness (QED) is 0.740. The Kier molecular flexibility index (Phi) is 6.59. The molecule has 0 bridgehead atoms. The summed E-state index contributed by atoms with van der Waals surface area (Å²) in [5.41, 5.74) is 1.73. The largest absolute Gasteiger partial charge is 0.497 e. The van der Waals surface area contributed by atoms with E-state index in [1.54, 1.807) is 50.5 Å². The zero-order chi connectivity index (χ0) is 20.8. The molecule has 0 aromatic heterocycles. The zero-order valence-electron chi connectivity index (χ0n) is 16.9. The van der Waals surface area contributed by atoms with Crippen molar-refractivity contribution in [3.05, 3.63) is 48.0 Å². The minimum absolute atomic E-state index is 0.0461. The Morgan fingerprint density at radius 2 is 1.76 bits per heavy atom. The first-order valence-corrected chi connectivity index (χ1v) is 9.52. The number of methoxy groups -OCH3 is 3. The van der Waals surface area contributed by atoms with Gasteiger partial charge in [-0.05, 0) is 54.8 Å². The van der Waals surface area contributed by atoms with Crippen molar-refractivity contribution in [2.45, 2.75) is 25.3 Å². The van der Waals surface area contributed by atoms with E-state index in [2.05, 4.69) is 5.32 Å². The van der Waals surface area contributed by atoms with Crippen molar-refractivity contribution in [1.82, 2.24) is 5.32 Å². The molecule has 1 saturated heterocycles. The van der Waals surface area contributed by atoms with Gasteiger partial charge in [-0.25, -0.2) is 0 Å². The molecule has 2 aromatic carbocycles. The summed E-state index contributed by atoms with van der Waals surface area (Å²) in [6.45, 7) is 0.468. The molecule has 0 radical (unpaired) electrons. The van der Waals surface area contributed by atoms with Gasteiger partial charge in [0, 0.05) is 18.7 Å². The molecule has 7 nitrogen and oxygen atoms in total. The van der Waals surface area contributed by atoms with E-state index in [0.29, 0.717) is 48.7 Å². The minimum atomic E-state index is -0.499. The summed E-state index contributed by atoms with van der Waals surface area (Å²) in [5, 5.41) is 2.95. The summed E-state index contributed by atoms with van der Waals surface area (Å²) in [4.78, 5) is 26.7. The van der Waals surface area contributed by atoms with E-state index < -0.39 is 6.04 Å². The predicted octanol–water partition coefficient (Wildman–Crippen LogP) is 2.57. The highest BCUT2D eigenvalue weighted by Crippen LogP contribution is 2.29. The second-order valence-corrected chi connectivity index (χ2v) is 6.75. The Balaban J connectivity index is 1.61. The molecule has 1 unspecified atom stereocenters. The monoisotopic (exact) mass is 398 g/mol. The lowest BCUT2D eigenvalue weighted by Crippen LogP contribution is -2.45. The van der Waals surface area contributed by atoms with Gasteiger partial charge in [-0.2, -0.15) is 0 Å². The highest BCUT2D eigenvalue weighted by Gasteiger charge is 2.36. The van der Waals surface area contributed by atoms with Crippen molar-refractivity contribution in [1.29, 1.82) is 0 Å². The molecule has 154 valence electrons. The van der Waals surface area contributed by atoms with Crippen LogP contribution in [0.3, 0.4) is 0 Å². The topological polar surface area (TPSA) is 77.1 Å². The molecular formula is C22H26N2O5. The lowest BCUT2D eigenvalue weighted by molar-refractivity contribution is -0.123. The van der Waals surface area contributed by atoms with Gasteiger partial charge in [-0.15, -0.1) is 0 Å². The molecule has 2 amide bonds. The van der Waals surface area contributed by atoms with E-state index in [4.69, 9.17) is 14.2 Å². The fourth-order valence-corrected chi connectivity index (χ4v) is 3.48. The van der Waals surface area contributed by atoms with Gasteiger partial charge < -0.3 is 19.5 Å². The Bertz CT molecular complexity index is 866. The molecule has 7 heteroatoms. The Labute approximate surface area is 170 Å². The third-order valence-corrected chi connectivity index (χ3v) is 5.03. The molecule has 1 N–H and O–H groups in total. The number of nitrogens with zero attached hydrogens (tertiary/aromatic N) is 1. The smallest absolute Gasteiger partial charge is 0.243 e. The average Bonchev–Trinajstić information content (AvgIpc) is 3.15. The maximum absolute atomic E-state index is 12.7. The number of carbonyl (C=O) groups excluding carboxylic acids is 2. The van der Waals surface area contributed by atoms with Crippen LogP contribution in [0.5, 0.6) is 17.2 Å². The van der Waals surface area contributed by atoms with Gasteiger partial charge in [0.05, 0.1) is 21.3 Å². The lowest BCUT2D eigenvalue weighted by Gasteiger charge is -2.24. The van der Waals surface area contributed by atoms with E-state index in [1.165, 1.54) is 0 Å². The van der Waals surface area contributed by atoms with Crippen LogP contribution in [0.25, 0.3) is 0 Å². The summed E-state index contributed by atoms with van der Waals surface area (Å²) in [6.07, 6.45) is 1.52. The summed E-state index contributed by atoms with van der Waals surface area (Å²) >= 11 is 0. The van der Waals surface area contributed by atoms with Gasteiger partial charge in [0.2, 0.25) is 11.8 Å². The maximum atomic E-state index is 12.7. The summed E-state index contributed by atoms with van der Waals surface area (Å²) < 4.78 is 15.7. The number of carbonyl (C=O) groups is 2. The average molecular weight is 398 g/mol. The number of amides is 2. The molecule has 1 heterocycles. The molecule has 1 aliphatic rings.